The summed E-state index contributed by atoms with van der Waals surface area (Å²) in [5.41, 5.74) is 2.88. The molecule has 2 N–H and O–H groups in total. The zero-order valence-electron chi connectivity index (χ0n) is 20.3. The number of rotatable bonds is 4. The molecular formula is C29H39NO3. The predicted octanol–water partition coefficient (Wildman–Crippen LogP) is 4.87. The van der Waals surface area contributed by atoms with Crippen LogP contribution in [-0.2, 0) is 4.79 Å². The average molecular weight is 450 g/mol. The fourth-order valence-corrected chi connectivity index (χ4v) is 8.23. The topological polar surface area (TPSA) is 60.8 Å². The van der Waals surface area contributed by atoms with Crippen molar-refractivity contribution in [1.29, 1.82) is 0 Å². The Balaban J connectivity index is 1.59. The number of anilines is 1. The average Bonchev–Trinajstić information content (AvgIpc) is 3.07. The van der Waals surface area contributed by atoms with Crippen LogP contribution in [0.2, 0.25) is 0 Å². The highest BCUT2D eigenvalue weighted by Gasteiger charge is 2.63. The Morgan fingerprint density at radius 2 is 1.85 bits per heavy atom. The molecule has 4 nitrogen and oxygen atoms in total. The van der Waals surface area contributed by atoms with E-state index >= 15 is 0 Å². The first-order valence-electron chi connectivity index (χ1n) is 12.8. The molecule has 3 saturated carbocycles. The Morgan fingerprint density at radius 1 is 1.09 bits per heavy atom. The molecule has 0 bridgehead atoms. The van der Waals surface area contributed by atoms with Gasteiger partial charge in [0.05, 0.1) is 12.2 Å². The van der Waals surface area contributed by atoms with Gasteiger partial charge in [-0.25, -0.2) is 0 Å². The third-order valence-electron chi connectivity index (χ3n) is 9.86. The zero-order chi connectivity index (χ0) is 23.4. The molecule has 0 aromatic heterocycles. The van der Waals surface area contributed by atoms with Gasteiger partial charge in [0.1, 0.15) is 0 Å². The lowest BCUT2D eigenvalue weighted by Crippen LogP contribution is -2.54. The van der Waals surface area contributed by atoms with Crippen LogP contribution >= 0.6 is 0 Å². The Bertz CT molecular complexity index is 964. The lowest BCUT2D eigenvalue weighted by atomic mass is 9.46. The molecular weight excluding hydrogens is 410 g/mol. The van der Waals surface area contributed by atoms with E-state index in [-0.39, 0.29) is 12.0 Å². The van der Waals surface area contributed by atoms with E-state index in [0.29, 0.717) is 41.8 Å². The number of carbonyl (C=O) groups excluding carboxylic acids is 1. The third kappa shape index (κ3) is 3.61. The van der Waals surface area contributed by atoms with Crippen molar-refractivity contribution in [3.8, 4) is 0 Å². The maximum atomic E-state index is 12.2. The molecule has 0 spiro atoms. The van der Waals surface area contributed by atoms with E-state index in [2.05, 4.69) is 50.2 Å². The van der Waals surface area contributed by atoms with Crippen molar-refractivity contribution in [2.24, 2.45) is 29.1 Å². The van der Waals surface area contributed by atoms with E-state index in [4.69, 9.17) is 0 Å². The fourth-order valence-electron chi connectivity index (χ4n) is 8.23. The normalized spacial score (nSPS) is 40.2. The highest BCUT2D eigenvalue weighted by atomic mass is 16.3. The summed E-state index contributed by atoms with van der Waals surface area (Å²) < 4.78 is 0. The van der Waals surface area contributed by atoms with Crippen LogP contribution in [-0.4, -0.2) is 42.3 Å². The van der Waals surface area contributed by atoms with Crippen LogP contribution < -0.4 is 4.90 Å². The predicted molar refractivity (Wildman–Crippen MR) is 132 cm³/mol. The molecule has 4 aliphatic rings. The quantitative estimate of drug-likeness (QED) is 0.644. The maximum Gasteiger partial charge on any atom is 0.155 e. The van der Waals surface area contributed by atoms with Crippen LogP contribution in [0.15, 0.2) is 48.1 Å². The van der Waals surface area contributed by atoms with Gasteiger partial charge in [-0.05, 0) is 91.9 Å². The fraction of sp³-hybridized carbons (Fsp3) is 0.621. The van der Waals surface area contributed by atoms with Crippen LogP contribution in [0.3, 0.4) is 0 Å². The molecule has 0 heterocycles. The van der Waals surface area contributed by atoms with Crippen molar-refractivity contribution in [3.63, 3.8) is 0 Å². The minimum Gasteiger partial charge on any atom is -0.392 e. The second kappa shape index (κ2) is 8.39. The lowest BCUT2D eigenvalue weighted by molar-refractivity contribution is -0.117. The molecule has 1 aromatic rings. The Labute approximate surface area is 198 Å². The number of aliphatic hydroxyl groups is 2. The highest BCUT2D eigenvalue weighted by Crippen LogP contribution is 2.68. The van der Waals surface area contributed by atoms with E-state index in [1.54, 1.807) is 6.08 Å². The number of nitrogens with zero attached hydrogens (tertiary/aromatic N) is 1. The standard InChI is InChI=1S/C29H39NO3/c1-28-18-25(19-5-8-21(9-6-19)30(2)3)27-23-12-10-22(32)17-20(23)7-11-24(27)26(28)13-15-29(28,33)14-4-16-31/h4-6,8-9,14,17,23-27,31,33H,7,10-13,15-16,18H2,1-3H3/b14-4+/t23-,24-,25+,26-,27+,28-,29-/m0/s1. The van der Waals surface area contributed by atoms with Gasteiger partial charge in [-0.1, -0.05) is 36.8 Å². The van der Waals surface area contributed by atoms with E-state index in [0.717, 1.165) is 38.5 Å². The van der Waals surface area contributed by atoms with Crippen molar-refractivity contribution in [2.75, 3.05) is 25.6 Å². The smallest absolute Gasteiger partial charge is 0.155 e. The number of hydrogen-bond donors (Lipinski definition) is 2. The first-order chi connectivity index (χ1) is 15.8. The molecule has 0 saturated heterocycles. The van der Waals surface area contributed by atoms with Crippen LogP contribution in [0.1, 0.15) is 63.4 Å². The molecule has 1 aromatic carbocycles. The number of ketones is 1. The van der Waals surface area contributed by atoms with Gasteiger partial charge >= 0.3 is 0 Å². The minimum atomic E-state index is -0.869. The minimum absolute atomic E-state index is 0.0329. The van der Waals surface area contributed by atoms with Crippen molar-refractivity contribution in [3.05, 3.63) is 53.6 Å². The van der Waals surface area contributed by atoms with Gasteiger partial charge in [0.15, 0.2) is 5.78 Å². The second-order valence-corrected chi connectivity index (χ2v) is 11.5. The Hall–Kier alpha value is -1.91. The van der Waals surface area contributed by atoms with E-state index in [1.807, 2.05) is 12.2 Å². The van der Waals surface area contributed by atoms with Crippen LogP contribution in [0.4, 0.5) is 5.69 Å². The molecule has 5 rings (SSSR count). The Morgan fingerprint density at radius 3 is 2.55 bits per heavy atom. The number of benzene rings is 1. The number of fused-ring (bicyclic) bond motifs is 5. The van der Waals surface area contributed by atoms with Gasteiger partial charge in [-0.2, -0.15) is 0 Å². The van der Waals surface area contributed by atoms with Gasteiger partial charge in [0.25, 0.3) is 0 Å². The SMILES string of the molecule is CN(C)c1ccc([C@H]2C[C@@]3(C)[C@@H](CC[C@@]3(O)/C=C/CO)[C@@H]3CCC4=CC(=O)CC[C@@H]4[C@H]32)cc1. The van der Waals surface area contributed by atoms with Gasteiger partial charge in [-0.3, -0.25) is 4.79 Å². The van der Waals surface area contributed by atoms with E-state index in [9.17, 15) is 15.0 Å². The molecule has 0 radical (unpaired) electrons. The van der Waals surface area contributed by atoms with Crippen LogP contribution in [0.5, 0.6) is 0 Å². The lowest BCUT2D eigenvalue weighted by Gasteiger charge is -2.58. The van der Waals surface area contributed by atoms with Crippen molar-refractivity contribution in [1.82, 2.24) is 0 Å². The van der Waals surface area contributed by atoms with Gasteiger partial charge < -0.3 is 15.1 Å². The summed E-state index contributed by atoms with van der Waals surface area (Å²) in [4.78, 5) is 14.3. The van der Waals surface area contributed by atoms with Gasteiger partial charge in [0.2, 0.25) is 0 Å². The van der Waals surface area contributed by atoms with E-state index < -0.39 is 5.60 Å². The van der Waals surface area contributed by atoms with Crippen molar-refractivity contribution in [2.45, 2.75) is 63.4 Å². The highest BCUT2D eigenvalue weighted by molar-refractivity contribution is 5.91. The molecule has 178 valence electrons. The van der Waals surface area contributed by atoms with Crippen LogP contribution in [0, 0.1) is 29.1 Å². The summed E-state index contributed by atoms with van der Waals surface area (Å²) in [5.74, 6) is 2.73. The largest absolute Gasteiger partial charge is 0.392 e. The molecule has 33 heavy (non-hydrogen) atoms. The van der Waals surface area contributed by atoms with Crippen LogP contribution in [0.25, 0.3) is 0 Å². The summed E-state index contributed by atoms with van der Waals surface area (Å²) in [5, 5.41) is 21.3. The molecule has 7 atom stereocenters. The summed E-state index contributed by atoms with van der Waals surface area (Å²) in [7, 11) is 4.14. The summed E-state index contributed by atoms with van der Waals surface area (Å²) >= 11 is 0. The van der Waals surface area contributed by atoms with Gasteiger partial charge in [0, 0.05) is 31.6 Å². The first-order valence-corrected chi connectivity index (χ1v) is 12.8. The monoisotopic (exact) mass is 449 g/mol. The number of hydrogen-bond acceptors (Lipinski definition) is 4. The number of carbonyl (C=O) groups is 1. The van der Waals surface area contributed by atoms with Crippen molar-refractivity contribution >= 4 is 11.5 Å². The molecule has 0 aliphatic heterocycles. The molecule has 0 unspecified atom stereocenters. The molecule has 0 amide bonds. The molecule has 4 heteroatoms. The van der Waals surface area contributed by atoms with E-state index in [1.165, 1.54) is 16.8 Å². The number of aliphatic hydroxyl groups excluding tert-OH is 1. The number of allylic oxidation sites excluding steroid dienone is 1. The first kappa shape index (κ1) is 22.9. The summed E-state index contributed by atoms with van der Waals surface area (Å²) in [6, 6.07) is 9.03. The Kier molecular flexibility index (Phi) is 5.81. The summed E-state index contributed by atoms with van der Waals surface area (Å²) in [6.45, 7) is 2.27. The maximum absolute atomic E-state index is 12.2. The van der Waals surface area contributed by atoms with Crippen molar-refractivity contribution < 1.29 is 15.0 Å². The second-order valence-electron chi connectivity index (χ2n) is 11.5. The van der Waals surface area contributed by atoms with Gasteiger partial charge in [-0.15, -0.1) is 0 Å². The molecule has 3 fully saturated rings. The third-order valence-corrected chi connectivity index (χ3v) is 9.86. The zero-order valence-corrected chi connectivity index (χ0v) is 20.3. The summed E-state index contributed by atoms with van der Waals surface area (Å²) in [6.07, 6.45) is 12.2. The molecule has 4 aliphatic carbocycles.